The number of anilines is 2. The molecule has 4 N–H and O–H groups in total. The van der Waals surface area contributed by atoms with E-state index in [0.29, 0.717) is 23.6 Å². The third-order valence-electron chi connectivity index (χ3n) is 2.91. The second-order valence-electron chi connectivity index (χ2n) is 4.34. The van der Waals surface area contributed by atoms with Crippen LogP contribution in [0.1, 0.15) is 18.4 Å². The van der Waals surface area contributed by atoms with E-state index in [1.54, 1.807) is 12.1 Å². The summed E-state index contributed by atoms with van der Waals surface area (Å²) in [6.45, 7) is 1.88. The van der Waals surface area contributed by atoms with Crippen molar-refractivity contribution in [3.8, 4) is 0 Å². The summed E-state index contributed by atoms with van der Waals surface area (Å²) in [6.07, 6.45) is 0.817. The zero-order valence-electron chi connectivity index (χ0n) is 9.92. The summed E-state index contributed by atoms with van der Waals surface area (Å²) in [6, 6.07) is 3.02. The first-order valence-corrected chi connectivity index (χ1v) is 6.01. The first-order valence-electron chi connectivity index (χ1n) is 5.63. The molecule has 2 rings (SSSR count). The van der Waals surface area contributed by atoms with Gasteiger partial charge in [-0.3, -0.25) is 14.9 Å². The Labute approximate surface area is 110 Å². The molecule has 1 fully saturated rings. The SMILES string of the molecule is Cc1cc(N)c(Cl)cc1NC1CCC(=O)NC1=O. The Balaban J connectivity index is 2.17. The minimum absolute atomic E-state index is 0.231. The van der Waals surface area contributed by atoms with Crippen molar-refractivity contribution in [1.29, 1.82) is 0 Å². The molecule has 1 unspecified atom stereocenters. The van der Waals surface area contributed by atoms with Gasteiger partial charge in [0, 0.05) is 12.1 Å². The second-order valence-corrected chi connectivity index (χ2v) is 4.74. The average Bonchev–Trinajstić information content (AvgIpc) is 2.29. The maximum absolute atomic E-state index is 11.6. The maximum atomic E-state index is 11.6. The number of nitrogens with one attached hydrogen (secondary N) is 2. The van der Waals surface area contributed by atoms with Crippen molar-refractivity contribution >= 4 is 34.8 Å². The van der Waals surface area contributed by atoms with Crippen LogP contribution < -0.4 is 16.4 Å². The molecular weight excluding hydrogens is 254 g/mol. The van der Waals surface area contributed by atoms with Gasteiger partial charge in [0.05, 0.1) is 10.7 Å². The smallest absolute Gasteiger partial charge is 0.249 e. The van der Waals surface area contributed by atoms with E-state index in [1.165, 1.54) is 0 Å². The molecule has 0 radical (unpaired) electrons. The summed E-state index contributed by atoms with van der Waals surface area (Å²) in [5.41, 5.74) is 7.84. The van der Waals surface area contributed by atoms with E-state index in [0.717, 1.165) is 11.3 Å². The lowest BCUT2D eigenvalue weighted by Gasteiger charge is -2.24. The van der Waals surface area contributed by atoms with Crippen LogP contribution in [-0.2, 0) is 9.59 Å². The number of nitrogen functional groups attached to an aromatic ring is 1. The zero-order valence-corrected chi connectivity index (χ0v) is 10.7. The monoisotopic (exact) mass is 267 g/mol. The standard InChI is InChI=1S/C12H14ClN3O2/c1-6-4-8(14)7(13)5-10(6)15-9-2-3-11(17)16-12(9)18/h4-5,9,15H,2-3,14H2,1H3,(H,16,17,18). The van der Waals surface area contributed by atoms with Crippen LogP contribution in [0.25, 0.3) is 0 Å². The highest BCUT2D eigenvalue weighted by molar-refractivity contribution is 6.33. The number of carbonyl (C=O) groups is 2. The van der Waals surface area contributed by atoms with Crippen molar-refractivity contribution in [3.63, 3.8) is 0 Å². The van der Waals surface area contributed by atoms with Gasteiger partial charge in [0.15, 0.2) is 0 Å². The number of nitrogens with two attached hydrogens (primary N) is 1. The summed E-state index contributed by atoms with van der Waals surface area (Å²) in [4.78, 5) is 22.7. The number of imide groups is 1. The highest BCUT2D eigenvalue weighted by Gasteiger charge is 2.26. The topological polar surface area (TPSA) is 84.2 Å². The van der Waals surface area contributed by atoms with Crippen molar-refractivity contribution in [1.82, 2.24) is 5.32 Å². The number of hydrogen-bond donors (Lipinski definition) is 3. The van der Waals surface area contributed by atoms with Crippen LogP contribution in [0.5, 0.6) is 0 Å². The molecule has 0 bridgehead atoms. The normalized spacial score (nSPS) is 19.6. The Morgan fingerprint density at radius 3 is 2.83 bits per heavy atom. The molecule has 6 heteroatoms. The lowest BCUT2D eigenvalue weighted by Crippen LogP contribution is -2.47. The minimum atomic E-state index is -0.416. The second kappa shape index (κ2) is 4.86. The number of hydrogen-bond acceptors (Lipinski definition) is 4. The zero-order chi connectivity index (χ0) is 13.3. The predicted molar refractivity (Wildman–Crippen MR) is 70.4 cm³/mol. The molecule has 1 aliphatic rings. The van der Waals surface area contributed by atoms with Crippen LogP contribution >= 0.6 is 11.6 Å². The first-order chi connectivity index (χ1) is 8.47. The number of piperidine rings is 1. The lowest BCUT2D eigenvalue weighted by atomic mass is 10.0. The number of benzene rings is 1. The van der Waals surface area contributed by atoms with E-state index in [1.807, 2.05) is 6.92 Å². The molecule has 5 nitrogen and oxygen atoms in total. The van der Waals surface area contributed by atoms with Crippen molar-refractivity contribution in [2.45, 2.75) is 25.8 Å². The van der Waals surface area contributed by atoms with Gasteiger partial charge in [0.2, 0.25) is 11.8 Å². The Morgan fingerprint density at radius 2 is 2.17 bits per heavy atom. The fourth-order valence-electron chi connectivity index (χ4n) is 1.88. The van der Waals surface area contributed by atoms with Crippen LogP contribution in [0.2, 0.25) is 5.02 Å². The summed E-state index contributed by atoms with van der Waals surface area (Å²) < 4.78 is 0. The molecule has 18 heavy (non-hydrogen) atoms. The van der Waals surface area contributed by atoms with Gasteiger partial charge in [0.1, 0.15) is 6.04 Å². The molecule has 96 valence electrons. The van der Waals surface area contributed by atoms with Crippen LogP contribution in [0, 0.1) is 6.92 Å². The molecule has 2 amide bonds. The van der Waals surface area contributed by atoms with Gasteiger partial charge in [-0.05, 0) is 31.0 Å². The Kier molecular flexibility index (Phi) is 3.43. The van der Waals surface area contributed by atoms with E-state index < -0.39 is 6.04 Å². The largest absolute Gasteiger partial charge is 0.398 e. The molecule has 1 heterocycles. The molecule has 0 saturated carbocycles. The van der Waals surface area contributed by atoms with Crippen molar-refractivity contribution in [2.75, 3.05) is 11.1 Å². The number of aryl methyl sites for hydroxylation is 1. The van der Waals surface area contributed by atoms with E-state index in [2.05, 4.69) is 10.6 Å². The Morgan fingerprint density at radius 1 is 1.44 bits per heavy atom. The van der Waals surface area contributed by atoms with Gasteiger partial charge < -0.3 is 11.1 Å². The van der Waals surface area contributed by atoms with Gasteiger partial charge >= 0.3 is 0 Å². The summed E-state index contributed by atoms with van der Waals surface area (Å²) in [5.74, 6) is -0.538. The fourth-order valence-corrected chi connectivity index (χ4v) is 2.04. The van der Waals surface area contributed by atoms with Gasteiger partial charge in [-0.25, -0.2) is 0 Å². The van der Waals surface area contributed by atoms with Crippen molar-refractivity contribution < 1.29 is 9.59 Å². The number of halogens is 1. The minimum Gasteiger partial charge on any atom is -0.398 e. The van der Waals surface area contributed by atoms with Crippen molar-refractivity contribution in [2.24, 2.45) is 0 Å². The van der Waals surface area contributed by atoms with Crippen molar-refractivity contribution in [3.05, 3.63) is 22.7 Å². The number of carbonyl (C=O) groups excluding carboxylic acids is 2. The third kappa shape index (κ3) is 2.56. The van der Waals surface area contributed by atoms with Gasteiger partial charge in [0.25, 0.3) is 0 Å². The van der Waals surface area contributed by atoms with E-state index in [9.17, 15) is 9.59 Å². The molecular formula is C12H14ClN3O2. The quantitative estimate of drug-likeness (QED) is 0.559. The maximum Gasteiger partial charge on any atom is 0.249 e. The fraction of sp³-hybridized carbons (Fsp3) is 0.333. The molecule has 1 atom stereocenters. The van der Waals surface area contributed by atoms with Gasteiger partial charge in [-0.15, -0.1) is 0 Å². The molecule has 1 aromatic rings. The lowest BCUT2D eigenvalue weighted by molar-refractivity contribution is -0.133. The number of amides is 2. The summed E-state index contributed by atoms with van der Waals surface area (Å²) >= 11 is 5.94. The highest BCUT2D eigenvalue weighted by atomic mass is 35.5. The molecule has 1 aliphatic heterocycles. The average molecular weight is 268 g/mol. The molecule has 0 spiro atoms. The summed E-state index contributed by atoms with van der Waals surface area (Å²) in [5, 5.41) is 5.82. The van der Waals surface area contributed by atoms with Crippen LogP contribution in [0.3, 0.4) is 0 Å². The van der Waals surface area contributed by atoms with E-state index in [4.69, 9.17) is 17.3 Å². The van der Waals surface area contributed by atoms with Crippen LogP contribution in [-0.4, -0.2) is 17.9 Å². The third-order valence-corrected chi connectivity index (χ3v) is 3.24. The van der Waals surface area contributed by atoms with E-state index >= 15 is 0 Å². The molecule has 0 aliphatic carbocycles. The Hall–Kier alpha value is -1.75. The molecule has 1 aromatic carbocycles. The number of rotatable bonds is 2. The van der Waals surface area contributed by atoms with Gasteiger partial charge in [-0.1, -0.05) is 11.6 Å². The van der Waals surface area contributed by atoms with Crippen LogP contribution in [0.15, 0.2) is 12.1 Å². The van der Waals surface area contributed by atoms with Crippen LogP contribution in [0.4, 0.5) is 11.4 Å². The van der Waals surface area contributed by atoms with E-state index in [-0.39, 0.29) is 11.8 Å². The molecule has 0 aromatic heterocycles. The van der Waals surface area contributed by atoms with Gasteiger partial charge in [-0.2, -0.15) is 0 Å². The highest BCUT2D eigenvalue weighted by Crippen LogP contribution is 2.27. The predicted octanol–water partition coefficient (Wildman–Crippen LogP) is 1.45. The Bertz CT molecular complexity index is 516. The molecule has 1 saturated heterocycles. The summed E-state index contributed by atoms with van der Waals surface area (Å²) in [7, 11) is 0. The first kappa shape index (κ1) is 12.7.